The summed E-state index contributed by atoms with van der Waals surface area (Å²) in [4.78, 5) is 13.7. The van der Waals surface area contributed by atoms with Gasteiger partial charge in [-0.05, 0) is 38.6 Å². The number of allylic oxidation sites excluding steroid dienone is 2. The van der Waals surface area contributed by atoms with Gasteiger partial charge in [0.2, 0.25) is 0 Å². The van der Waals surface area contributed by atoms with Crippen molar-refractivity contribution in [2.45, 2.75) is 46.5 Å². The summed E-state index contributed by atoms with van der Waals surface area (Å²) < 4.78 is 5.07. The summed E-state index contributed by atoms with van der Waals surface area (Å²) in [5.41, 5.74) is 0.0453. The summed E-state index contributed by atoms with van der Waals surface area (Å²) in [7, 11) is 0. The molecule has 20 heavy (non-hydrogen) atoms. The molecule has 0 aromatic heterocycles. The molecule has 0 saturated carbocycles. The molecule has 0 aromatic rings. The van der Waals surface area contributed by atoms with Crippen molar-refractivity contribution in [1.82, 2.24) is 4.90 Å². The molecule has 0 spiro atoms. The number of esters is 1. The van der Waals surface area contributed by atoms with Crippen LogP contribution in [0.3, 0.4) is 0 Å². The Balaban J connectivity index is 4.23. The zero-order valence-corrected chi connectivity index (χ0v) is 12.9. The highest BCUT2D eigenvalue weighted by atomic mass is 16.5. The first-order valence-electron chi connectivity index (χ1n) is 7.39. The van der Waals surface area contributed by atoms with E-state index in [-0.39, 0.29) is 5.57 Å². The van der Waals surface area contributed by atoms with Crippen molar-refractivity contribution in [3.63, 3.8) is 0 Å². The van der Waals surface area contributed by atoms with E-state index in [0.29, 0.717) is 6.61 Å². The molecular formula is C16H26N2O2. The Morgan fingerprint density at radius 3 is 2.45 bits per heavy atom. The Kier molecular flexibility index (Phi) is 11.2. The van der Waals surface area contributed by atoms with E-state index in [0.717, 1.165) is 38.8 Å². The van der Waals surface area contributed by atoms with Crippen LogP contribution in [0.15, 0.2) is 23.9 Å². The van der Waals surface area contributed by atoms with Crippen molar-refractivity contribution in [3.8, 4) is 6.07 Å². The average molecular weight is 278 g/mol. The van der Waals surface area contributed by atoms with E-state index in [9.17, 15) is 4.79 Å². The van der Waals surface area contributed by atoms with Crippen LogP contribution >= 0.6 is 0 Å². The van der Waals surface area contributed by atoms with Crippen molar-refractivity contribution < 1.29 is 9.53 Å². The lowest BCUT2D eigenvalue weighted by atomic mass is 10.2. The minimum Gasteiger partial charge on any atom is -0.462 e. The van der Waals surface area contributed by atoms with Gasteiger partial charge in [-0.1, -0.05) is 26.2 Å². The van der Waals surface area contributed by atoms with Gasteiger partial charge in [-0.15, -0.1) is 0 Å². The van der Waals surface area contributed by atoms with Crippen LogP contribution in [0.2, 0.25) is 0 Å². The lowest BCUT2D eigenvalue weighted by molar-refractivity contribution is -0.138. The van der Waals surface area contributed by atoms with Crippen LogP contribution in [0.25, 0.3) is 0 Å². The predicted molar refractivity (Wildman–Crippen MR) is 80.9 cm³/mol. The number of rotatable bonds is 10. The molecular weight excluding hydrogens is 252 g/mol. The minimum atomic E-state index is -0.534. The maximum atomic E-state index is 11.7. The van der Waals surface area contributed by atoms with Crippen LogP contribution in [0.1, 0.15) is 46.5 Å². The number of unbranched alkanes of at least 4 members (excludes halogenated alkanes) is 3. The van der Waals surface area contributed by atoms with Gasteiger partial charge in [0.1, 0.15) is 11.6 Å². The molecule has 4 heteroatoms. The normalized spacial score (nSPS) is 11.4. The summed E-state index contributed by atoms with van der Waals surface area (Å²) in [6, 6.07) is 1.88. The Labute approximate surface area is 122 Å². The van der Waals surface area contributed by atoms with Crippen molar-refractivity contribution in [1.29, 1.82) is 5.26 Å². The molecule has 0 N–H and O–H groups in total. The predicted octanol–water partition coefficient (Wildman–Crippen LogP) is 3.42. The fraction of sp³-hybridized carbons (Fsp3) is 0.625. The zero-order valence-electron chi connectivity index (χ0n) is 12.9. The van der Waals surface area contributed by atoms with Gasteiger partial charge in [-0.2, -0.15) is 5.26 Å². The van der Waals surface area contributed by atoms with Gasteiger partial charge in [0, 0.05) is 13.1 Å². The minimum absolute atomic E-state index is 0.0453. The van der Waals surface area contributed by atoms with E-state index < -0.39 is 5.97 Å². The number of nitrogens with zero attached hydrogens (tertiary/aromatic N) is 2. The van der Waals surface area contributed by atoms with Crippen LogP contribution in [-0.4, -0.2) is 30.6 Å². The van der Waals surface area contributed by atoms with Gasteiger partial charge in [-0.3, -0.25) is 0 Å². The van der Waals surface area contributed by atoms with Crippen LogP contribution < -0.4 is 0 Å². The highest BCUT2D eigenvalue weighted by Gasteiger charge is 2.08. The third-order valence-corrected chi connectivity index (χ3v) is 2.94. The van der Waals surface area contributed by atoms with E-state index in [1.165, 1.54) is 6.08 Å². The topological polar surface area (TPSA) is 53.3 Å². The van der Waals surface area contributed by atoms with E-state index in [1.54, 1.807) is 6.08 Å². The largest absolute Gasteiger partial charge is 0.462 e. The maximum absolute atomic E-state index is 11.7. The Morgan fingerprint density at radius 1 is 1.20 bits per heavy atom. The van der Waals surface area contributed by atoms with Gasteiger partial charge >= 0.3 is 5.97 Å². The van der Waals surface area contributed by atoms with Crippen LogP contribution in [-0.2, 0) is 9.53 Å². The van der Waals surface area contributed by atoms with Crippen molar-refractivity contribution in [3.05, 3.63) is 23.9 Å². The van der Waals surface area contributed by atoms with Gasteiger partial charge in [0.15, 0.2) is 0 Å². The van der Waals surface area contributed by atoms with E-state index >= 15 is 0 Å². The molecule has 0 aromatic carbocycles. The highest BCUT2D eigenvalue weighted by Crippen LogP contribution is 2.02. The summed E-state index contributed by atoms with van der Waals surface area (Å²) >= 11 is 0. The smallest absolute Gasteiger partial charge is 0.348 e. The first-order chi connectivity index (χ1) is 9.69. The second kappa shape index (κ2) is 12.3. The SMILES string of the molecule is CCCCCCOC(=O)/C(C#N)=C\C=C\N(CC)CC. The fourth-order valence-electron chi connectivity index (χ4n) is 1.62. The molecule has 0 aliphatic heterocycles. The quantitative estimate of drug-likeness (QED) is 0.202. The monoisotopic (exact) mass is 278 g/mol. The molecule has 0 fully saturated rings. The summed E-state index contributed by atoms with van der Waals surface area (Å²) in [5.74, 6) is -0.534. The van der Waals surface area contributed by atoms with Crippen LogP contribution in [0.4, 0.5) is 0 Å². The average Bonchev–Trinajstić information content (AvgIpc) is 2.47. The number of ether oxygens (including phenoxy) is 1. The second-order valence-electron chi connectivity index (χ2n) is 4.45. The van der Waals surface area contributed by atoms with Gasteiger partial charge in [0.05, 0.1) is 6.61 Å². The van der Waals surface area contributed by atoms with Gasteiger partial charge in [0.25, 0.3) is 0 Å². The molecule has 4 nitrogen and oxygen atoms in total. The first-order valence-corrected chi connectivity index (χ1v) is 7.39. The summed E-state index contributed by atoms with van der Waals surface area (Å²) in [6.07, 6.45) is 9.28. The molecule has 0 aliphatic carbocycles. The van der Waals surface area contributed by atoms with Crippen molar-refractivity contribution >= 4 is 5.97 Å². The molecule has 0 saturated heterocycles. The molecule has 0 atom stereocenters. The van der Waals surface area contributed by atoms with Crippen LogP contribution in [0, 0.1) is 11.3 Å². The molecule has 112 valence electrons. The number of hydrogen-bond acceptors (Lipinski definition) is 4. The van der Waals surface area contributed by atoms with Crippen molar-refractivity contribution in [2.75, 3.05) is 19.7 Å². The Bertz CT molecular complexity index is 363. The van der Waals surface area contributed by atoms with Gasteiger partial charge < -0.3 is 9.64 Å². The maximum Gasteiger partial charge on any atom is 0.348 e. The third-order valence-electron chi connectivity index (χ3n) is 2.94. The van der Waals surface area contributed by atoms with Gasteiger partial charge in [-0.25, -0.2) is 4.79 Å². The molecule has 0 heterocycles. The standard InChI is InChI=1S/C16H26N2O2/c1-4-7-8-9-13-20-16(19)15(14-17)11-10-12-18(5-2)6-3/h10-12H,4-9,13H2,1-3H3/b12-10+,15-11-. The van der Waals surface area contributed by atoms with E-state index in [4.69, 9.17) is 10.00 Å². The molecule has 0 aliphatic rings. The number of carbonyl (C=O) groups excluding carboxylic acids is 1. The van der Waals surface area contributed by atoms with Crippen molar-refractivity contribution in [2.24, 2.45) is 0 Å². The molecule has 0 rings (SSSR count). The zero-order chi connectivity index (χ0) is 15.2. The highest BCUT2D eigenvalue weighted by molar-refractivity contribution is 5.93. The van der Waals surface area contributed by atoms with E-state index in [2.05, 4.69) is 11.8 Å². The number of nitriles is 1. The number of carbonyl (C=O) groups is 1. The Morgan fingerprint density at radius 2 is 1.90 bits per heavy atom. The summed E-state index contributed by atoms with van der Waals surface area (Å²) in [5, 5.41) is 8.95. The molecule has 0 amide bonds. The molecule has 0 radical (unpaired) electrons. The molecule has 0 bridgehead atoms. The lowest BCUT2D eigenvalue weighted by Gasteiger charge is -2.13. The lowest BCUT2D eigenvalue weighted by Crippen LogP contribution is -2.15. The summed E-state index contributed by atoms with van der Waals surface area (Å²) in [6.45, 7) is 8.40. The first kappa shape index (κ1) is 18.2. The molecule has 0 unspecified atom stereocenters. The fourth-order valence-corrected chi connectivity index (χ4v) is 1.62. The Hall–Kier alpha value is -1.76. The third kappa shape index (κ3) is 8.36. The van der Waals surface area contributed by atoms with Crippen LogP contribution in [0.5, 0.6) is 0 Å². The number of hydrogen-bond donors (Lipinski definition) is 0. The second-order valence-corrected chi connectivity index (χ2v) is 4.45. The van der Waals surface area contributed by atoms with E-state index in [1.807, 2.05) is 26.1 Å².